The van der Waals surface area contributed by atoms with Crippen molar-refractivity contribution in [2.75, 3.05) is 30.0 Å². The summed E-state index contributed by atoms with van der Waals surface area (Å²) in [4.78, 5) is 25.7. The van der Waals surface area contributed by atoms with Gasteiger partial charge in [-0.05, 0) is 24.3 Å². The molecule has 0 aliphatic carbocycles. The van der Waals surface area contributed by atoms with E-state index in [0.29, 0.717) is 30.4 Å². The second-order valence-electron chi connectivity index (χ2n) is 6.45. The minimum absolute atomic E-state index is 0.142. The lowest BCUT2D eigenvalue weighted by atomic mass is 10.1. The Morgan fingerprint density at radius 3 is 2.57 bits per heavy atom. The number of amides is 2. The maximum Gasteiger partial charge on any atom is 0.229 e. The number of carbonyl (C=O) groups is 2. The number of benzene rings is 2. The standard InChI is InChI=1S/C19H15F3N2O4/c20-12-2-3-13(18(22)17(12)21)24-9-10(7-16(24)25)19(26)23-11-1-4-14-15(8-11)28-6-5-27-14/h1-4,8,10H,5-7,9H2,(H,23,26). The molecule has 0 saturated carbocycles. The van der Waals surface area contributed by atoms with Gasteiger partial charge in [0.2, 0.25) is 11.8 Å². The van der Waals surface area contributed by atoms with E-state index in [2.05, 4.69) is 5.32 Å². The van der Waals surface area contributed by atoms with Gasteiger partial charge in [-0.15, -0.1) is 0 Å². The molecule has 0 bridgehead atoms. The Morgan fingerprint density at radius 1 is 1.04 bits per heavy atom. The summed E-state index contributed by atoms with van der Waals surface area (Å²) in [6.45, 7) is 0.701. The molecule has 1 unspecified atom stereocenters. The average Bonchev–Trinajstić information content (AvgIpc) is 3.08. The molecule has 2 heterocycles. The Bertz CT molecular complexity index is 966. The van der Waals surface area contributed by atoms with Gasteiger partial charge in [0, 0.05) is 24.7 Å². The number of nitrogens with zero attached hydrogens (tertiary/aromatic N) is 1. The number of carbonyl (C=O) groups excluding carboxylic acids is 2. The average molecular weight is 392 g/mol. The van der Waals surface area contributed by atoms with Crippen molar-refractivity contribution in [3.63, 3.8) is 0 Å². The highest BCUT2D eigenvalue weighted by molar-refractivity contribution is 6.03. The number of ether oxygens (including phenoxy) is 2. The molecule has 9 heteroatoms. The van der Waals surface area contributed by atoms with Crippen molar-refractivity contribution in [2.24, 2.45) is 5.92 Å². The van der Waals surface area contributed by atoms with Crippen molar-refractivity contribution in [2.45, 2.75) is 6.42 Å². The molecular weight excluding hydrogens is 377 g/mol. The summed E-state index contributed by atoms with van der Waals surface area (Å²) in [5.74, 6) is -5.16. The number of halogens is 3. The number of anilines is 2. The third-order valence-corrected chi connectivity index (χ3v) is 4.61. The lowest BCUT2D eigenvalue weighted by Crippen LogP contribution is -2.29. The molecule has 0 spiro atoms. The Kier molecular flexibility index (Phi) is 4.58. The molecule has 1 fully saturated rings. The van der Waals surface area contributed by atoms with Crippen LogP contribution in [-0.2, 0) is 9.59 Å². The molecule has 2 amide bonds. The fourth-order valence-electron chi connectivity index (χ4n) is 3.21. The van der Waals surface area contributed by atoms with E-state index >= 15 is 0 Å². The van der Waals surface area contributed by atoms with Gasteiger partial charge < -0.3 is 19.7 Å². The molecule has 4 rings (SSSR count). The van der Waals surface area contributed by atoms with Crippen LogP contribution in [0.1, 0.15) is 6.42 Å². The Labute approximate surface area is 157 Å². The van der Waals surface area contributed by atoms with Crippen LogP contribution in [0.2, 0.25) is 0 Å². The molecule has 1 atom stereocenters. The highest BCUT2D eigenvalue weighted by atomic mass is 19.2. The maximum absolute atomic E-state index is 14.0. The summed E-state index contributed by atoms with van der Waals surface area (Å²) >= 11 is 0. The van der Waals surface area contributed by atoms with Gasteiger partial charge in [0.15, 0.2) is 29.0 Å². The first-order chi connectivity index (χ1) is 13.4. The van der Waals surface area contributed by atoms with Crippen LogP contribution in [0.3, 0.4) is 0 Å². The second-order valence-corrected chi connectivity index (χ2v) is 6.45. The predicted molar refractivity (Wildman–Crippen MR) is 92.8 cm³/mol. The first kappa shape index (κ1) is 18.1. The zero-order valence-corrected chi connectivity index (χ0v) is 14.5. The fraction of sp³-hybridized carbons (Fsp3) is 0.263. The highest BCUT2D eigenvalue weighted by Crippen LogP contribution is 2.34. The SMILES string of the molecule is O=C(Nc1ccc2c(c1)OCCO2)C1CC(=O)N(c2ccc(F)c(F)c2F)C1. The minimum Gasteiger partial charge on any atom is -0.486 e. The largest absolute Gasteiger partial charge is 0.486 e. The van der Waals surface area contributed by atoms with Crippen molar-refractivity contribution in [3.05, 3.63) is 47.8 Å². The number of hydrogen-bond acceptors (Lipinski definition) is 4. The molecule has 2 aliphatic heterocycles. The van der Waals surface area contributed by atoms with Crippen molar-refractivity contribution < 1.29 is 32.2 Å². The summed E-state index contributed by atoms with van der Waals surface area (Å²) < 4.78 is 51.4. The number of fused-ring (bicyclic) bond motifs is 1. The molecule has 1 saturated heterocycles. The van der Waals surface area contributed by atoms with Gasteiger partial charge in [-0.1, -0.05) is 0 Å². The van der Waals surface area contributed by atoms with Gasteiger partial charge in [-0.3, -0.25) is 9.59 Å². The van der Waals surface area contributed by atoms with E-state index in [1.165, 1.54) is 0 Å². The lowest BCUT2D eigenvalue weighted by molar-refractivity contribution is -0.122. The van der Waals surface area contributed by atoms with Gasteiger partial charge >= 0.3 is 0 Å². The highest BCUT2D eigenvalue weighted by Gasteiger charge is 2.37. The van der Waals surface area contributed by atoms with Crippen LogP contribution in [0, 0.1) is 23.4 Å². The Hall–Kier alpha value is -3.23. The van der Waals surface area contributed by atoms with Crippen LogP contribution in [0.5, 0.6) is 11.5 Å². The third kappa shape index (κ3) is 3.23. The van der Waals surface area contributed by atoms with Gasteiger partial charge in [0.1, 0.15) is 13.2 Å². The zero-order valence-electron chi connectivity index (χ0n) is 14.5. The lowest BCUT2D eigenvalue weighted by Gasteiger charge is -2.20. The van der Waals surface area contributed by atoms with Crippen LogP contribution in [0.4, 0.5) is 24.5 Å². The first-order valence-corrected chi connectivity index (χ1v) is 8.58. The molecular formula is C19H15F3N2O4. The third-order valence-electron chi connectivity index (χ3n) is 4.61. The van der Waals surface area contributed by atoms with Crippen LogP contribution in [-0.4, -0.2) is 31.6 Å². The minimum atomic E-state index is -1.66. The molecule has 2 aromatic carbocycles. The molecule has 2 aromatic rings. The van der Waals surface area contributed by atoms with Gasteiger partial charge in [0.25, 0.3) is 0 Å². The quantitative estimate of drug-likeness (QED) is 0.816. The van der Waals surface area contributed by atoms with Crippen molar-refractivity contribution in [3.8, 4) is 11.5 Å². The predicted octanol–water partition coefficient (Wildman–Crippen LogP) is 2.87. The normalized spacial score (nSPS) is 18.3. The molecule has 6 nitrogen and oxygen atoms in total. The van der Waals surface area contributed by atoms with E-state index in [-0.39, 0.29) is 13.0 Å². The topological polar surface area (TPSA) is 67.9 Å². The summed E-state index contributed by atoms with van der Waals surface area (Å²) in [6, 6.07) is 6.62. The Balaban J connectivity index is 1.48. The molecule has 1 N–H and O–H groups in total. The van der Waals surface area contributed by atoms with E-state index in [4.69, 9.17) is 9.47 Å². The van der Waals surface area contributed by atoms with Gasteiger partial charge in [0.05, 0.1) is 11.6 Å². The molecule has 2 aliphatic rings. The maximum atomic E-state index is 14.0. The summed E-state index contributed by atoms with van der Waals surface area (Å²) in [5, 5.41) is 2.68. The molecule has 28 heavy (non-hydrogen) atoms. The fourth-order valence-corrected chi connectivity index (χ4v) is 3.21. The van der Waals surface area contributed by atoms with Crippen LogP contribution in [0.25, 0.3) is 0 Å². The Morgan fingerprint density at radius 2 is 1.79 bits per heavy atom. The smallest absolute Gasteiger partial charge is 0.229 e. The molecule has 146 valence electrons. The summed E-state index contributed by atoms with van der Waals surface area (Å²) in [5.41, 5.74) is 0.0673. The van der Waals surface area contributed by atoms with Crippen molar-refractivity contribution in [1.29, 1.82) is 0 Å². The van der Waals surface area contributed by atoms with Gasteiger partial charge in [-0.25, -0.2) is 13.2 Å². The molecule has 0 radical (unpaired) electrons. The van der Waals surface area contributed by atoms with E-state index in [9.17, 15) is 22.8 Å². The number of hydrogen-bond donors (Lipinski definition) is 1. The molecule has 0 aromatic heterocycles. The monoisotopic (exact) mass is 392 g/mol. The van der Waals surface area contributed by atoms with Gasteiger partial charge in [-0.2, -0.15) is 0 Å². The van der Waals surface area contributed by atoms with Crippen LogP contribution >= 0.6 is 0 Å². The summed E-state index contributed by atoms with van der Waals surface area (Å²) in [6.07, 6.45) is -0.172. The van der Waals surface area contributed by atoms with E-state index in [0.717, 1.165) is 17.0 Å². The van der Waals surface area contributed by atoms with Crippen molar-refractivity contribution >= 4 is 23.2 Å². The number of nitrogens with one attached hydrogen (secondary N) is 1. The zero-order chi connectivity index (χ0) is 19.8. The van der Waals surface area contributed by atoms with E-state index in [1.807, 2.05) is 0 Å². The van der Waals surface area contributed by atoms with E-state index < -0.39 is 40.9 Å². The van der Waals surface area contributed by atoms with Crippen LogP contribution in [0.15, 0.2) is 30.3 Å². The number of rotatable bonds is 3. The van der Waals surface area contributed by atoms with Crippen molar-refractivity contribution in [1.82, 2.24) is 0 Å². The second kappa shape index (κ2) is 7.06. The van der Waals surface area contributed by atoms with Crippen LogP contribution < -0.4 is 19.7 Å². The summed E-state index contributed by atoms with van der Waals surface area (Å²) in [7, 11) is 0. The first-order valence-electron chi connectivity index (χ1n) is 8.58. The van der Waals surface area contributed by atoms with E-state index in [1.54, 1.807) is 18.2 Å².